The van der Waals surface area contributed by atoms with E-state index in [4.69, 9.17) is 4.74 Å². The van der Waals surface area contributed by atoms with Crippen molar-refractivity contribution in [1.82, 2.24) is 5.32 Å². The number of rotatable bonds is 6. The average molecular weight is 247 g/mol. The lowest BCUT2D eigenvalue weighted by molar-refractivity contribution is 0.242. The van der Waals surface area contributed by atoms with Crippen molar-refractivity contribution in [2.45, 2.75) is 45.6 Å². The number of hydrogen-bond acceptors (Lipinski definition) is 2. The van der Waals surface area contributed by atoms with Crippen LogP contribution in [0.2, 0.25) is 0 Å². The highest BCUT2D eigenvalue weighted by Crippen LogP contribution is 2.53. The zero-order chi connectivity index (χ0) is 13.2. The summed E-state index contributed by atoms with van der Waals surface area (Å²) < 4.78 is 5.68. The molecule has 1 aliphatic carbocycles. The Kier molecular flexibility index (Phi) is 3.96. The first-order chi connectivity index (χ1) is 8.56. The fourth-order valence-electron chi connectivity index (χ4n) is 2.61. The van der Waals surface area contributed by atoms with Crippen molar-refractivity contribution in [2.75, 3.05) is 13.1 Å². The third-order valence-corrected chi connectivity index (χ3v) is 3.94. The van der Waals surface area contributed by atoms with Crippen molar-refractivity contribution in [3.63, 3.8) is 0 Å². The summed E-state index contributed by atoms with van der Waals surface area (Å²) in [7, 11) is 0. The van der Waals surface area contributed by atoms with Crippen molar-refractivity contribution in [3.05, 3.63) is 29.8 Å². The van der Waals surface area contributed by atoms with Gasteiger partial charge in [-0.15, -0.1) is 0 Å². The molecule has 2 rings (SSSR count). The molecule has 2 heteroatoms. The molecule has 0 heterocycles. The highest BCUT2D eigenvalue weighted by molar-refractivity contribution is 5.37. The molecule has 1 saturated carbocycles. The lowest BCUT2D eigenvalue weighted by Gasteiger charge is -2.14. The van der Waals surface area contributed by atoms with Gasteiger partial charge in [0.1, 0.15) is 5.75 Å². The lowest BCUT2D eigenvalue weighted by Crippen LogP contribution is -2.19. The summed E-state index contributed by atoms with van der Waals surface area (Å²) in [5.74, 6) is 1.76. The minimum atomic E-state index is 0.244. The molecule has 18 heavy (non-hydrogen) atoms. The van der Waals surface area contributed by atoms with E-state index < -0.39 is 0 Å². The Morgan fingerprint density at radius 3 is 2.56 bits per heavy atom. The molecule has 1 aliphatic rings. The molecule has 1 fully saturated rings. The van der Waals surface area contributed by atoms with Crippen molar-refractivity contribution >= 4 is 0 Å². The third-order valence-electron chi connectivity index (χ3n) is 3.94. The molecule has 0 saturated heterocycles. The quantitative estimate of drug-likeness (QED) is 0.832. The summed E-state index contributed by atoms with van der Waals surface area (Å²) in [6.07, 6.45) is 1.54. The second kappa shape index (κ2) is 5.31. The second-order valence-corrected chi connectivity index (χ2v) is 5.82. The van der Waals surface area contributed by atoms with Gasteiger partial charge in [0.25, 0.3) is 0 Å². The van der Waals surface area contributed by atoms with Crippen LogP contribution in [0.3, 0.4) is 0 Å². The van der Waals surface area contributed by atoms with Crippen LogP contribution in [-0.2, 0) is 5.41 Å². The van der Waals surface area contributed by atoms with Crippen LogP contribution in [0.25, 0.3) is 0 Å². The van der Waals surface area contributed by atoms with Gasteiger partial charge in [0.05, 0.1) is 6.10 Å². The van der Waals surface area contributed by atoms with E-state index in [1.54, 1.807) is 0 Å². The summed E-state index contributed by atoms with van der Waals surface area (Å²) in [6, 6.07) is 8.65. The summed E-state index contributed by atoms with van der Waals surface area (Å²) in [4.78, 5) is 0. The van der Waals surface area contributed by atoms with Gasteiger partial charge in [-0.3, -0.25) is 0 Å². The summed E-state index contributed by atoms with van der Waals surface area (Å²) in [5.41, 5.74) is 1.82. The van der Waals surface area contributed by atoms with Crippen LogP contribution in [0, 0.1) is 5.92 Å². The van der Waals surface area contributed by atoms with E-state index >= 15 is 0 Å². The van der Waals surface area contributed by atoms with E-state index in [9.17, 15) is 0 Å². The van der Waals surface area contributed by atoms with E-state index in [2.05, 4.69) is 57.3 Å². The molecule has 1 aromatic rings. The van der Waals surface area contributed by atoms with Gasteiger partial charge < -0.3 is 10.1 Å². The molecule has 0 spiro atoms. The molecule has 0 amide bonds. The fraction of sp³-hybridized carbons (Fsp3) is 0.625. The van der Waals surface area contributed by atoms with E-state index in [1.165, 1.54) is 12.0 Å². The molecular formula is C16H25NO. The van der Waals surface area contributed by atoms with E-state index in [1.807, 2.05) is 0 Å². The Hall–Kier alpha value is -1.02. The van der Waals surface area contributed by atoms with Crippen molar-refractivity contribution < 1.29 is 4.74 Å². The first-order valence-corrected chi connectivity index (χ1v) is 7.04. The van der Waals surface area contributed by atoms with E-state index in [0.717, 1.165) is 24.8 Å². The topological polar surface area (TPSA) is 21.3 Å². The van der Waals surface area contributed by atoms with Gasteiger partial charge in [0, 0.05) is 0 Å². The molecule has 0 aliphatic heterocycles. The number of nitrogens with one attached hydrogen (secondary N) is 1. The zero-order valence-electron chi connectivity index (χ0n) is 12.0. The molecule has 0 aromatic heterocycles. The van der Waals surface area contributed by atoms with E-state index in [-0.39, 0.29) is 6.10 Å². The molecule has 2 nitrogen and oxygen atoms in total. The predicted octanol–water partition coefficient (Wildman–Crippen LogP) is 3.36. The van der Waals surface area contributed by atoms with Gasteiger partial charge in [-0.25, -0.2) is 0 Å². The number of hydrogen-bond donors (Lipinski definition) is 1. The Bertz CT molecular complexity index is 385. The van der Waals surface area contributed by atoms with Crippen LogP contribution in [0.1, 0.15) is 39.7 Å². The van der Waals surface area contributed by atoms with Crippen molar-refractivity contribution in [3.8, 4) is 5.75 Å². The third kappa shape index (κ3) is 2.86. The maximum absolute atomic E-state index is 5.68. The molecular weight excluding hydrogens is 222 g/mol. The zero-order valence-corrected chi connectivity index (χ0v) is 12.0. The van der Waals surface area contributed by atoms with Gasteiger partial charge in [-0.05, 0) is 62.4 Å². The Labute approximate surface area is 111 Å². The molecule has 0 radical (unpaired) electrons. The summed E-state index contributed by atoms with van der Waals surface area (Å²) in [6.45, 7) is 10.8. The smallest absolute Gasteiger partial charge is 0.119 e. The fourth-order valence-corrected chi connectivity index (χ4v) is 2.61. The van der Waals surface area contributed by atoms with Gasteiger partial charge in [0.15, 0.2) is 0 Å². The molecule has 1 N–H and O–H groups in total. The largest absolute Gasteiger partial charge is 0.491 e. The normalized spacial score (nSPS) is 26.4. The van der Waals surface area contributed by atoms with Crippen LogP contribution in [0.15, 0.2) is 24.3 Å². The number of benzene rings is 1. The predicted molar refractivity (Wildman–Crippen MR) is 76.2 cm³/mol. The van der Waals surface area contributed by atoms with E-state index in [0.29, 0.717) is 5.41 Å². The van der Waals surface area contributed by atoms with Crippen LogP contribution >= 0.6 is 0 Å². The maximum Gasteiger partial charge on any atom is 0.119 e. The van der Waals surface area contributed by atoms with Gasteiger partial charge in [-0.2, -0.15) is 0 Å². The van der Waals surface area contributed by atoms with Crippen molar-refractivity contribution in [2.24, 2.45) is 5.92 Å². The van der Waals surface area contributed by atoms with Gasteiger partial charge in [-0.1, -0.05) is 26.0 Å². The molecule has 100 valence electrons. The van der Waals surface area contributed by atoms with Gasteiger partial charge >= 0.3 is 0 Å². The molecule has 0 bridgehead atoms. The first-order valence-electron chi connectivity index (χ1n) is 7.04. The Morgan fingerprint density at radius 1 is 1.33 bits per heavy atom. The van der Waals surface area contributed by atoms with Crippen LogP contribution in [-0.4, -0.2) is 19.2 Å². The molecule has 2 unspecified atom stereocenters. The van der Waals surface area contributed by atoms with Crippen LogP contribution in [0.4, 0.5) is 0 Å². The standard InChI is InChI=1S/C16H25NO/c1-5-17-11-14-10-16(14,4)13-6-8-15(9-7-13)18-12(2)3/h6-9,12,14,17H,5,10-11H2,1-4H3. The molecule has 2 atom stereocenters. The SMILES string of the molecule is CCNCC1CC1(C)c1ccc(OC(C)C)cc1. The Balaban J connectivity index is 1.98. The summed E-state index contributed by atoms with van der Waals surface area (Å²) in [5, 5.41) is 3.45. The number of ether oxygens (including phenoxy) is 1. The van der Waals surface area contributed by atoms with Crippen LogP contribution < -0.4 is 10.1 Å². The average Bonchev–Trinajstić information content (AvgIpc) is 2.99. The van der Waals surface area contributed by atoms with Gasteiger partial charge in [0.2, 0.25) is 0 Å². The lowest BCUT2D eigenvalue weighted by atomic mass is 9.95. The highest BCUT2D eigenvalue weighted by Gasteiger charge is 2.50. The highest BCUT2D eigenvalue weighted by atomic mass is 16.5. The Morgan fingerprint density at radius 2 is 2.00 bits per heavy atom. The van der Waals surface area contributed by atoms with Crippen LogP contribution in [0.5, 0.6) is 5.75 Å². The molecule has 1 aromatic carbocycles. The minimum absolute atomic E-state index is 0.244. The first kappa shape index (κ1) is 13.4. The minimum Gasteiger partial charge on any atom is -0.491 e. The van der Waals surface area contributed by atoms with Crippen molar-refractivity contribution in [1.29, 1.82) is 0 Å². The summed E-state index contributed by atoms with van der Waals surface area (Å²) >= 11 is 0. The monoisotopic (exact) mass is 247 g/mol. The maximum atomic E-state index is 5.68. The second-order valence-electron chi connectivity index (χ2n) is 5.82.